The van der Waals surface area contributed by atoms with Gasteiger partial charge in [0.1, 0.15) is 6.10 Å². The zero-order valence-electron chi connectivity index (χ0n) is 12.1. The Morgan fingerprint density at radius 1 is 1.20 bits per heavy atom. The molecule has 20 heavy (non-hydrogen) atoms. The highest BCUT2D eigenvalue weighted by molar-refractivity contribution is 5.89. The topological polar surface area (TPSA) is 85.2 Å². The molecule has 2 N–H and O–H groups in total. The molecule has 0 amide bonds. The molecule has 116 valence electrons. The Morgan fingerprint density at radius 3 is 2.35 bits per heavy atom. The SMILES string of the molecule is CCCCOC1=C(OCCCC)C(C(O)CO)OC1=O. The van der Waals surface area contributed by atoms with Crippen molar-refractivity contribution >= 4 is 5.97 Å². The highest BCUT2D eigenvalue weighted by atomic mass is 16.6. The molecule has 1 aliphatic heterocycles. The van der Waals surface area contributed by atoms with Crippen LogP contribution >= 0.6 is 0 Å². The van der Waals surface area contributed by atoms with Crippen molar-refractivity contribution < 1.29 is 29.2 Å². The molecule has 0 aromatic heterocycles. The molecule has 1 aliphatic rings. The first-order chi connectivity index (χ1) is 9.65. The lowest BCUT2D eigenvalue weighted by Gasteiger charge is -2.18. The molecule has 0 radical (unpaired) electrons. The number of cyclic esters (lactones) is 1. The van der Waals surface area contributed by atoms with Crippen LogP contribution in [0.5, 0.6) is 0 Å². The normalized spacial score (nSPS) is 20.0. The predicted octanol–water partition coefficient (Wildman–Crippen LogP) is 1.11. The van der Waals surface area contributed by atoms with Crippen molar-refractivity contribution in [2.24, 2.45) is 0 Å². The molecule has 6 heteroatoms. The van der Waals surface area contributed by atoms with Gasteiger partial charge in [0.25, 0.3) is 0 Å². The van der Waals surface area contributed by atoms with Crippen LogP contribution in [0, 0.1) is 0 Å². The molecule has 1 heterocycles. The molecule has 0 spiro atoms. The van der Waals surface area contributed by atoms with Crippen LogP contribution in [0.15, 0.2) is 11.5 Å². The van der Waals surface area contributed by atoms with E-state index >= 15 is 0 Å². The minimum Gasteiger partial charge on any atom is -0.490 e. The Morgan fingerprint density at radius 2 is 1.80 bits per heavy atom. The number of esters is 1. The third-order valence-electron chi connectivity index (χ3n) is 2.94. The van der Waals surface area contributed by atoms with Crippen molar-refractivity contribution in [3.8, 4) is 0 Å². The van der Waals surface area contributed by atoms with Crippen molar-refractivity contribution in [2.75, 3.05) is 19.8 Å². The molecule has 6 nitrogen and oxygen atoms in total. The van der Waals surface area contributed by atoms with Gasteiger partial charge in [-0.3, -0.25) is 0 Å². The van der Waals surface area contributed by atoms with Crippen LogP contribution in [-0.2, 0) is 19.0 Å². The maximum Gasteiger partial charge on any atom is 0.378 e. The minimum absolute atomic E-state index is 0.0204. The van der Waals surface area contributed by atoms with E-state index in [1.807, 2.05) is 13.8 Å². The van der Waals surface area contributed by atoms with Gasteiger partial charge in [0.2, 0.25) is 5.76 Å². The van der Waals surface area contributed by atoms with Crippen molar-refractivity contribution in [1.82, 2.24) is 0 Å². The van der Waals surface area contributed by atoms with E-state index in [1.165, 1.54) is 0 Å². The number of unbranched alkanes of at least 4 members (excludes halogenated alkanes) is 2. The lowest BCUT2D eigenvalue weighted by molar-refractivity contribution is -0.148. The van der Waals surface area contributed by atoms with Crippen LogP contribution in [0.3, 0.4) is 0 Å². The molecule has 0 bridgehead atoms. The van der Waals surface area contributed by atoms with Crippen molar-refractivity contribution in [1.29, 1.82) is 0 Å². The molecule has 0 aromatic carbocycles. The van der Waals surface area contributed by atoms with Gasteiger partial charge < -0.3 is 24.4 Å². The van der Waals surface area contributed by atoms with Crippen LogP contribution in [0.1, 0.15) is 39.5 Å². The van der Waals surface area contributed by atoms with Crippen LogP contribution in [0.4, 0.5) is 0 Å². The summed E-state index contributed by atoms with van der Waals surface area (Å²) in [5.41, 5.74) is 0. The number of rotatable bonds is 10. The van der Waals surface area contributed by atoms with Gasteiger partial charge in [0, 0.05) is 0 Å². The first kappa shape index (κ1) is 16.8. The van der Waals surface area contributed by atoms with Gasteiger partial charge in [-0.2, -0.15) is 0 Å². The highest BCUT2D eigenvalue weighted by Gasteiger charge is 2.41. The standard InChI is InChI=1S/C14H24O6/c1-3-5-7-18-12-11(10(16)9-15)20-14(17)13(12)19-8-6-4-2/h10-11,15-16H,3-9H2,1-2H3. The maximum atomic E-state index is 11.8. The van der Waals surface area contributed by atoms with Crippen molar-refractivity contribution in [3.63, 3.8) is 0 Å². The Labute approximate surface area is 119 Å². The van der Waals surface area contributed by atoms with E-state index in [-0.39, 0.29) is 11.5 Å². The van der Waals surface area contributed by atoms with Gasteiger partial charge in [-0.25, -0.2) is 4.79 Å². The summed E-state index contributed by atoms with van der Waals surface area (Å²) in [6.45, 7) is 4.33. The third kappa shape index (κ3) is 4.38. The molecule has 1 rings (SSSR count). The van der Waals surface area contributed by atoms with Crippen LogP contribution < -0.4 is 0 Å². The summed E-state index contributed by atoms with van der Waals surface area (Å²) in [4.78, 5) is 11.8. The van der Waals surface area contributed by atoms with E-state index in [0.717, 1.165) is 25.7 Å². The fourth-order valence-corrected chi connectivity index (χ4v) is 1.72. The van der Waals surface area contributed by atoms with Gasteiger partial charge in [-0.1, -0.05) is 26.7 Å². The van der Waals surface area contributed by atoms with Crippen LogP contribution in [0.2, 0.25) is 0 Å². The zero-order valence-corrected chi connectivity index (χ0v) is 12.1. The number of carbonyl (C=O) groups excluding carboxylic acids is 1. The molecular weight excluding hydrogens is 264 g/mol. The Hall–Kier alpha value is -1.27. The van der Waals surface area contributed by atoms with E-state index in [4.69, 9.17) is 19.3 Å². The van der Waals surface area contributed by atoms with Crippen molar-refractivity contribution in [3.05, 3.63) is 11.5 Å². The molecule has 0 aromatic rings. The monoisotopic (exact) mass is 288 g/mol. The van der Waals surface area contributed by atoms with Gasteiger partial charge in [0.05, 0.1) is 19.8 Å². The fraction of sp³-hybridized carbons (Fsp3) is 0.786. The Balaban J connectivity index is 2.79. The number of ether oxygens (including phenoxy) is 3. The summed E-state index contributed by atoms with van der Waals surface area (Å²) in [6, 6.07) is 0. The molecule has 0 fully saturated rings. The van der Waals surface area contributed by atoms with E-state index in [2.05, 4.69) is 0 Å². The first-order valence-electron chi connectivity index (χ1n) is 7.15. The average molecular weight is 288 g/mol. The minimum atomic E-state index is -1.21. The Kier molecular flexibility index (Phi) is 7.40. The van der Waals surface area contributed by atoms with Gasteiger partial charge in [0.15, 0.2) is 11.9 Å². The van der Waals surface area contributed by atoms with E-state index in [0.29, 0.717) is 13.2 Å². The lowest BCUT2D eigenvalue weighted by atomic mass is 10.2. The smallest absolute Gasteiger partial charge is 0.378 e. The van der Waals surface area contributed by atoms with Gasteiger partial charge in [-0.15, -0.1) is 0 Å². The second kappa shape index (κ2) is 8.81. The maximum absolute atomic E-state index is 11.8. The summed E-state index contributed by atoms with van der Waals surface area (Å²) in [5.74, 6) is -0.432. The molecule has 2 unspecified atom stereocenters. The molecular formula is C14H24O6. The number of aliphatic hydroxyl groups excluding tert-OH is 2. The largest absolute Gasteiger partial charge is 0.490 e. The fourth-order valence-electron chi connectivity index (χ4n) is 1.72. The zero-order chi connectivity index (χ0) is 15.0. The second-order valence-corrected chi connectivity index (χ2v) is 4.67. The summed E-state index contributed by atoms with van der Waals surface area (Å²) < 4.78 is 16.0. The van der Waals surface area contributed by atoms with E-state index < -0.39 is 24.8 Å². The first-order valence-corrected chi connectivity index (χ1v) is 7.15. The third-order valence-corrected chi connectivity index (χ3v) is 2.94. The number of hydrogen-bond acceptors (Lipinski definition) is 6. The highest BCUT2D eigenvalue weighted by Crippen LogP contribution is 2.27. The molecule has 2 atom stereocenters. The number of aliphatic hydroxyl groups is 2. The summed E-state index contributed by atoms with van der Waals surface area (Å²) >= 11 is 0. The number of hydrogen-bond donors (Lipinski definition) is 2. The predicted molar refractivity (Wildman–Crippen MR) is 71.7 cm³/mol. The van der Waals surface area contributed by atoms with Crippen molar-refractivity contribution in [2.45, 2.75) is 51.7 Å². The quantitative estimate of drug-likeness (QED) is 0.463. The van der Waals surface area contributed by atoms with Crippen LogP contribution in [-0.4, -0.2) is 48.2 Å². The lowest BCUT2D eigenvalue weighted by Crippen LogP contribution is -2.32. The number of carbonyl (C=O) groups is 1. The molecule has 0 aliphatic carbocycles. The van der Waals surface area contributed by atoms with Gasteiger partial charge >= 0.3 is 5.97 Å². The van der Waals surface area contributed by atoms with E-state index in [9.17, 15) is 9.90 Å². The second-order valence-electron chi connectivity index (χ2n) is 4.67. The van der Waals surface area contributed by atoms with Crippen LogP contribution in [0.25, 0.3) is 0 Å². The van der Waals surface area contributed by atoms with E-state index in [1.54, 1.807) is 0 Å². The van der Waals surface area contributed by atoms with Gasteiger partial charge in [-0.05, 0) is 12.8 Å². The molecule has 0 saturated heterocycles. The summed E-state index contributed by atoms with van der Waals surface area (Å²) in [7, 11) is 0. The summed E-state index contributed by atoms with van der Waals surface area (Å²) in [6.07, 6.45) is 1.33. The average Bonchev–Trinajstić information content (AvgIpc) is 2.76. The Bertz CT molecular complexity index is 339. The summed E-state index contributed by atoms with van der Waals surface area (Å²) in [5, 5.41) is 18.7. The molecule has 0 saturated carbocycles.